The number of halogens is 1. The first kappa shape index (κ1) is 29.0. The van der Waals surface area contributed by atoms with Crippen LogP contribution in [-0.2, 0) is 4.74 Å². The molecule has 3 aromatic carbocycles. The van der Waals surface area contributed by atoms with E-state index in [1.54, 1.807) is 36.4 Å². The van der Waals surface area contributed by atoms with Crippen molar-refractivity contribution in [3.8, 4) is 5.75 Å². The van der Waals surface area contributed by atoms with Crippen molar-refractivity contribution >= 4 is 62.4 Å². The highest BCUT2D eigenvalue weighted by Gasteiger charge is 2.24. The Balaban J connectivity index is 1.48. The smallest absolute Gasteiger partial charge is 0.337 e. The molecule has 40 heavy (non-hydrogen) atoms. The molecule has 4 rings (SSSR count). The average molecular weight is 626 g/mol. The molecular weight excluding hydrogens is 596 g/mol. The van der Waals surface area contributed by atoms with Gasteiger partial charge in [-0.2, -0.15) is 0 Å². The normalized spacial score (nSPS) is 12.9. The van der Waals surface area contributed by atoms with Crippen molar-refractivity contribution in [2.75, 3.05) is 50.1 Å². The van der Waals surface area contributed by atoms with E-state index in [1.807, 2.05) is 42.2 Å². The van der Waals surface area contributed by atoms with Crippen LogP contribution in [0.3, 0.4) is 0 Å². The molecule has 1 saturated heterocycles. The lowest BCUT2D eigenvalue weighted by molar-refractivity contribution is 0.0600. The minimum atomic E-state index is -0.498. The first-order valence-electron chi connectivity index (χ1n) is 12.7. The summed E-state index contributed by atoms with van der Waals surface area (Å²) in [5.41, 5.74) is 2.68. The van der Waals surface area contributed by atoms with Crippen LogP contribution in [0.4, 0.5) is 11.4 Å². The van der Waals surface area contributed by atoms with E-state index in [2.05, 4.69) is 31.5 Å². The van der Waals surface area contributed by atoms with Gasteiger partial charge < -0.3 is 24.6 Å². The van der Waals surface area contributed by atoms with Gasteiger partial charge in [0, 0.05) is 37.3 Å². The van der Waals surface area contributed by atoms with E-state index in [1.165, 1.54) is 7.11 Å². The summed E-state index contributed by atoms with van der Waals surface area (Å²) in [7, 11) is 1.31. The van der Waals surface area contributed by atoms with Crippen LogP contribution in [0.5, 0.6) is 5.75 Å². The van der Waals surface area contributed by atoms with E-state index in [9.17, 15) is 14.4 Å². The van der Waals surface area contributed by atoms with Crippen LogP contribution in [-0.4, -0.2) is 67.7 Å². The summed E-state index contributed by atoms with van der Waals surface area (Å²) < 4.78 is 11.0. The Hall–Kier alpha value is -3.96. The quantitative estimate of drug-likeness (QED) is 0.288. The van der Waals surface area contributed by atoms with Crippen LogP contribution in [0, 0.1) is 0 Å². The zero-order valence-corrected chi connectivity index (χ0v) is 24.5. The number of esters is 1. The minimum Gasteiger partial charge on any atom is -0.493 e. The predicted molar refractivity (Wildman–Crippen MR) is 161 cm³/mol. The number of hydrogen-bond acceptors (Lipinski definition) is 7. The Kier molecular flexibility index (Phi) is 9.73. The summed E-state index contributed by atoms with van der Waals surface area (Å²) in [4.78, 5) is 41.9. The Bertz CT molecular complexity index is 1410. The maximum absolute atomic E-state index is 12.9. The predicted octanol–water partition coefficient (Wildman–Crippen LogP) is 4.72. The first-order chi connectivity index (χ1) is 19.3. The number of rotatable bonds is 7. The van der Waals surface area contributed by atoms with Crippen molar-refractivity contribution in [2.45, 2.75) is 6.92 Å². The standard InChI is InChI=1S/C29H29BrN4O5S/c1-3-39-25-12-10-20(17-22(25)30)26(35)32-29(40)31-23-18-21(28(37)38-2)9-11-24(23)33-13-15-34(16-14-33)27(36)19-7-5-4-6-8-19/h4-12,17-18H,3,13-16H2,1-2H3,(H2,31,32,35,40). The van der Waals surface area contributed by atoms with Crippen LogP contribution in [0.1, 0.15) is 38.0 Å². The molecule has 208 valence electrons. The van der Waals surface area contributed by atoms with Gasteiger partial charge in [-0.15, -0.1) is 0 Å². The fourth-order valence-electron chi connectivity index (χ4n) is 4.31. The molecule has 0 bridgehead atoms. The number of carbonyl (C=O) groups is 3. The van der Waals surface area contributed by atoms with Crippen LogP contribution < -0.4 is 20.3 Å². The van der Waals surface area contributed by atoms with Crippen molar-refractivity contribution in [3.63, 3.8) is 0 Å². The summed E-state index contributed by atoms with van der Waals surface area (Å²) in [5, 5.41) is 5.82. The molecule has 0 spiro atoms. The molecule has 0 aromatic heterocycles. The lowest BCUT2D eigenvalue weighted by Crippen LogP contribution is -2.49. The molecule has 0 aliphatic carbocycles. The Labute approximate surface area is 246 Å². The van der Waals surface area contributed by atoms with Crippen molar-refractivity contribution in [3.05, 3.63) is 87.9 Å². The van der Waals surface area contributed by atoms with Gasteiger partial charge in [0.05, 0.1) is 35.1 Å². The van der Waals surface area contributed by atoms with Gasteiger partial charge in [0.25, 0.3) is 11.8 Å². The molecule has 3 aromatic rings. The number of methoxy groups -OCH3 is 1. The highest BCUT2D eigenvalue weighted by atomic mass is 79.9. The van der Waals surface area contributed by atoms with E-state index >= 15 is 0 Å². The number of ether oxygens (including phenoxy) is 2. The van der Waals surface area contributed by atoms with Gasteiger partial charge in [0.2, 0.25) is 0 Å². The second-order valence-corrected chi connectivity index (χ2v) is 10.1. The summed E-state index contributed by atoms with van der Waals surface area (Å²) >= 11 is 8.87. The molecule has 1 heterocycles. The summed E-state index contributed by atoms with van der Waals surface area (Å²) in [6, 6.07) is 19.3. The van der Waals surface area contributed by atoms with E-state index in [0.29, 0.717) is 65.4 Å². The summed E-state index contributed by atoms with van der Waals surface area (Å²) in [5.74, 6) is -0.277. The highest BCUT2D eigenvalue weighted by Crippen LogP contribution is 2.29. The topological polar surface area (TPSA) is 100 Å². The van der Waals surface area contributed by atoms with Crippen molar-refractivity contribution in [1.82, 2.24) is 10.2 Å². The Morgan fingerprint density at radius 1 is 0.925 bits per heavy atom. The molecule has 0 saturated carbocycles. The van der Waals surface area contributed by atoms with Crippen molar-refractivity contribution in [2.24, 2.45) is 0 Å². The largest absolute Gasteiger partial charge is 0.493 e. The second kappa shape index (κ2) is 13.4. The number of amides is 2. The van der Waals surface area contributed by atoms with Gasteiger partial charge in [0.15, 0.2) is 5.11 Å². The Morgan fingerprint density at radius 3 is 2.27 bits per heavy atom. The number of piperazine rings is 1. The first-order valence-corrected chi connectivity index (χ1v) is 13.9. The van der Waals surface area contributed by atoms with Gasteiger partial charge in [-0.05, 0) is 83.6 Å². The number of thiocarbonyl (C=S) groups is 1. The van der Waals surface area contributed by atoms with E-state index < -0.39 is 11.9 Å². The van der Waals surface area contributed by atoms with E-state index in [4.69, 9.17) is 21.7 Å². The molecule has 2 N–H and O–H groups in total. The van der Waals surface area contributed by atoms with Crippen molar-refractivity contribution in [1.29, 1.82) is 0 Å². The Morgan fingerprint density at radius 2 is 1.62 bits per heavy atom. The number of nitrogens with one attached hydrogen (secondary N) is 2. The van der Waals surface area contributed by atoms with Crippen molar-refractivity contribution < 1.29 is 23.9 Å². The SMILES string of the molecule is CCOc1ccc(C(=O)NC(=S)Nc2cc(C(=O)OC)ccc2N2CCN(C(=O)c3ccccc3)CC2)cc1Br. The van der Waals surface area contributed by atoms with Crippen LogP contribution in [0.15, 0.2) is 71.2 Å². The fourth-order valence-corrected chi connectivity index (χ4v) is 5.01. The molecule has 1 fully saturated rings. The number of benzene rings is 3. The summed E-state index contributed by atoms with van der Waals surface area (Å²) in [6.45, 7) is 4.59. The number of nitrogens with zero attached hydrogens (tertiary/aromatic N) is 2. The molecule has 9 nitrogen and oxygen atoms in total. The highest BCUT2D eigenvalue weighted by molar-refractivity contribution is 9.10. The third-order valence-electron chi connectivity index (χ3n) is 6.32. The van der Waals surface area contributed by atoms with Gasteiger partial charge in [-0.3, -0.25) is 14.9 Å². The lowest BCUT2D eigenvalue weighted by Gasteiger charge is -2.37. The van der Waals surface area contributed by atoms with Gasteiger partial charge in [0.1, 0.15) is 5.75 Å². The molecule has 11 heteroatoms. The average Bonchev–Trinajstić information content (AvgIpc) is 2.98. The molecule has 0 radical (unpaired) electrons. The number of hydrogen-bond donors (Lipinski definition) is 2. The number of carbonyl (C=O) groups excluding carboxylic acids is 3. The third kappa shape index (κ3) is 6.97. The fraction of sp³-hybridized carbons (Fsp3) is 0.241. The van der Waals surface area contributed by atoms with Gasteiger partial charge in [-0.1, -0.05) is 18.2 Å². The van der Waals surface area contributed by atoms with Crippen LogP contribution >= 0.6 is 28.1 Å². The van der Waals surface area contributed by atoms with Gasteiger partial charge in [-0.25, -0.2) is 4.79 Å². The number of anilines is 2. The zero-order chi connectivity index (χ0) is 28.6. The zero-order valence-electron chi connectivity index (χ0n) is 22.1. The monoisotopic (exact) mass is 624 g/mol. The molecule has 1 aliphatic heterocycles. The van der Waals surface area contributed by atoms with Crippen LogP contribution in [0.2, 0.25) is 0 Å². The second-order valence-electron chi connectivity index (χ2n) is 8.86. The van der Waals surface area contributed by atoms with Crippen LogP contribution in [0.25, 0.3) is 0 Å². The lowest BCUT2D eigenvalue weighted by atomic mass is 10.1. The molecule has 1 aliphatic rings. The van der Waals surface area contributed by atoms with E-state index in [0.717, 1.165) is 5.69 Å². The third-order valence-corrected chi connectivity index (χ3v) is 7.14. The molecule has 2 amide bonds. The summed E-state index contributed by atoms with van der Waals surface area (Å²) in [6.07, 6.45) is 0. The molecular formula is C29H29BrN4O5S. The molecule has 0 atom stereocenters. The maximum Gasteiger partial charge on any atom is 0.337 e. The van der Waals surface area contributed by atoms with Gasteiger partial charge >= 0.3 is 5.97 Å². The minimum absolute atomic E-state index is 0.00976. The maximum atomic E-state index is 12.9. The molecule has 0 unspecified atom stereocenters. The van der Waals surface area contributed by atoms with E-state index in [-0.39, 0.29) is 11.0 Å².